The molecule has 1 fully saturated rings. The minimum atomic E-state index is -0.693. The van der Waals surface area contributed by atoms with E-state index in [1.165, 1.54) is 0 Å². The van der Waals surface area contributed by atoms with Crippen LogP contribution in [-0.2, 0) is 19.1 Å². The van der Waals surface area contributed by atoms with Crippen LogP contribution in [0.1, 0.15) is 57.6 Å². The Hall–Kier alpha value is -3.19. The topological polar surface area (TPSA) is 107 Å². The van der Waals surface area contributed by atoms with E-state index < -0.39 is 11.5 Å². The molecule has 1 saturated heterocycles. The molecule has 4 N–H and O–H groups in total. The molecule has 3 rings (SSSR count). The summed E-state index contributed by atoms with van der Waals surface area (Å²) in [7, 11) is 0. The van der Waals surface area contributed by atoms with Crippen molar-refractivity contribution in [2.45, 2.75) is 52.1 Å². The molecule has 0 aromatic heterocycles. The Morgan fingerprint density at radius 1 is 1.09 bits per heavy atom. The second-order valence-corrected chi connectivity index (χ2v) is 9.77. The van der Waals surface area contributed by atoms with Crippen molar-refractivity contribution in [1.82, 2.24) is 0 Å². The van der Waals surface area contributed by atoms with Crippen LogP contribution in [0.3, 0.4) is 0 Å². The molecule has 0 bridgehead atoms. The smallest absolute Gasteiger partial charge is 0.313 e. The highest BCUT2D eigenvalue weighted by molar-refractivity contribution is 6.42. The lowest BCUT2D eigenvalue weighted by atomic mass is 9.88. The zero-order chi connectivity index (χ0) is 24.9. The average molecular weight is 467 g/mol. The molecule has 0 radical (unpaired) electrons. The molecule has 7 nitrogen and oxygen atoms in total. The summed E-state index contributed by atoms with van der Waals surface area (Å²) in [4.78, 5) is 26.6. The third-order valence-electron chi connectivity index (χ3n) is 5.82. The molecule has 1 atom stereocenters. The zero-order valence-electron chi connectivity index (χ0n) is 20.6. The van der Waals surface area contributed by atoms with Crippen LogP contribution in [0, 0.1) is 0 Å². The van der Waals surface area contributed by atoms with Crippen molar-refractivity contribution < 1.29 is 24.5 Å². The van der Waals surface area contributed by atoms with E-state index in [1.807, 2.05) is 45.9 Å². The number of rotatable bonds is 7. The lowest BCUT2D eigenvalue weighted by Gasteiger charge is -2.22. The van der Waals surface area contributed by atoms with E-state index in [-0.39, 0.29) is 24.0 Å². The van der Waals surface area contributed by atoms with Gasteiger partial charge < -0.3 is 20.1 Å². The Morgan fingerprint density at radius 2 is 1.76 bits per heavy atom. The molecule has 1 aliphatic heterocycles. The molecule has 1 amide bonds. The third kappa shape index (κ3) is 6.67. The fourth-order valence-corrected chi connectivity index (χ4v) is 4.14. The van der Waals surface area contributed by atoms with Gasteiger partial charge in [0.25, 0.3) is 5.71 Å². The first-order valence-corrected chi connectivity index (χ1v) is 11.8. The van der Waals surface area contributed by atoms with Crippen molar-refractivity contribution in [2.75, 3.05) is 31.2 Å². The third-order valence-corrected chi connectivity index (χ3v) is 5.82. The number of carbonyl (C=O) groups is 2. The number of nitrogens with zero attached hydrogens (tertiary/aromatic N) is 1. The molecule has 0 saturated carbocycles. The van der Waals surface area contributed by atoms with Gasteiger partial charge in [-0.25, -0.2) is 5.41 Å². The van der Waals surface area contributed by atoms with Crippen LogP contribution in [0.25, 0.3) is 11.1 Å². The molecule has 2 aromatic carbocycles. The van der Waals surface area contributed by atoms with Crippen LogP contribution < -0.4 is 16.0 Å². The monoisotopic (exact) mass is 466 g/mol. The molecule has 182 valence electrons. The molecule has 7 heteroatoms. The highest BCUT2D eigenvalue weighted by Crippen LogP contribution is 2.30. The van der Waals surface area contributed by atoms with Crippen molar-refractivity contribution in [1.29, 1.82) is 0 Å². The number of carbonyl (C=O) groups excluding carboxylic acids is 2. The number of hydrogen-bond donors (Lipinski definition) is 2. The van der Waals surface area contributed by atoms with Gasteiger partial charge >= 0.3 is 11.9 Å². The van der Waals surface area contributed by atoms with Crippen LogP contribution in [-0.4, -0.2) is 49.5 Å². The summed E-state index contributed by atoms with van der Waals surface area (Å²) >= 11 is 0. The summed E-state index contributed by atoms with van der Waals surface area (Å²) in [5, 5.41) is 6.10. The molecule has 0 spiro atoms. The van der Waals surface area contributed by atoms with Crippen LogP contribution in [0.2, 0.25) is 0 Å². The summed E-state index contributed by atoms with van der Waals surface area (Å²) < 4.78 is 11.0. The highest BCUT2D eigenvalue weighted by atomic mass is 16.6. The van der Waals surface area contributed by atoms with Gasteiger partial charge in [-0.2, -0.15) is 0 Å². The Bertz CT molecular complexity index is 1030. The molecule has 0 unspecified atom stereocenters. The Labute approximate surface area is 201 Å². The normalized spacial score (nSPS) is 15.4. The Kier molecular flexibility index (Phi) is 8.10. The van der Waals surface area contributed by atoms with Crippen LogP contribution in [0.4, 0.5) is 5.69 Å². The minimum absolute atomic E-state index is 0.0194. The van der Waals surface area contributed by atoms with Gasteiger partial charge in [-0.05, 0) is 68.0 Å². The molecule has 2 aromatic rings. The molecule has 0 aliphatic carbocycles. The molecular formula is C27H36N3O4+. The van der Waals surface area contributed by atoms with E-state index >= 15 is 0 Å². The van der Waals surface area contributed by atoms with Gasteiger partial charge in [-0.15, -0.1) is 0 Å². The van der Waals surface area contributed by atoms with Crippen LogP contribution in [0.15, 0.2) is 42.5 Å². The van der Waals surface area contributed by atoms with E-state index in [1.54, 1.807) is 0 Å². The van der Waals surface area contributed by atoms with Crippen molar-refractivity contribution in [3.8, 4) is 11.1 Å². The maximum absolute atomic E-state index is 12.4. The molecule has 1 aliphatic rings. The fraction of sp³-hybridized carbons (Fsp3) is 0.444. The van der Waals surface area contributed by atoms with Gasteiger partial charge in [0.05, 0.1) is 18.6 Å². The SMILES string of the molecule is C[C@@H](CC(=O)OC(C)(C)C)c1ccc(-c2ccc(N3CCCOCC3)cc2)cc1C(=[NH2+])C(N)=O. The van der Waals surface area contributed by atoms with E-state index in [2.05, 4.69) is 29.2 Å². The summed E-state index contributed by atoms with van der Waals surface area (Å²) in [6, 6.07) is 14.1. The quantitative estimate of drug-likeness (QED) is 0.481. The summed E-state index contributed by atoms with van der Waals surface area (Å²) in [5.41, 5.74) is 9.34. The number of esters is 1. The van der Waals surface area contributed by atoms with Gasteiger partial charge in [0.2, 0.25) is 0 Å². The molecule has 34 heavy (non-hydrogen) atoms. The number of amides is 1. The minimum Gasteiger partial charge on any atom is -0.460 e. The maximum atomic E-state index is 12.4. The van der Waals surface area contributed by atoms with Crippen molar-refractivity contribution in [2.24, 2.45) is 5.73 Å². The fourth-order valence-electron chi connectivity index (χ4n) is 4.14. The Morgan fingerprint density at radius 3 is 2.41 bits per heavy atom. The van der Waals surface area contributed by atoms with E-state index in [0.29, 0.717) is 5.56 Å². The lowest BCUT2D eigenvalue weighted by molar-refractivity contribution is -0.155. The largest absolute Gasteiger partial charge is 0.460 e. The second-order valence-electron chi connectivity index (χ2n) is 9.77. The van der Waals surface area contributed by atoms with Gasteiger partial charge in [-0.1, -0.05) is 31.2 Å². The Balaban J connectivity index is 1.87. The lowest BCUT2D eigenvalue weighted by Crippen LogP contribution is -2.49. The number of benzene rings is 2. The van der Waals surface area contributed by atoms with Gasteiger partial charge in [0.1, 0.15) is 5.60 Å². The zero-order valence-corrected chi connectivity index (χ0v) is 20.6. The highest BCUT2D eigenvalue weighted by Gasteiger charge is 2.25. The van der Waals surface area contributed by atoms with Crippen molar-refractivity contribution in [3.63, 3.8) is 0 Å². The number of hydrogen-bond acceptors (Lipinski definition) is 5. The summed E-state index contributed by atoms with van der Waals surface area (Å²) in [6.07, 6.45) is 1.18. The first kappa shape index (κ1) is 25.4. The van der Waals surface area contributed by atoms with E-state index in [0.717, 1.165) is 55.1 Å². The molecule has 1 heterocycles. The van der Waals surface area contributed by atoms with Crippen molar-refractivity contribution >= 4 is 23.3 Å². The first-order valence-electron chi connectivity index (χ1n) is 11.8. The van der Waals surface area contributed by atoms with Crippen LogP contribution in [0.5, 0.6) is 0 Å². The maximum Gasteiger partial charge on any atom is 0.313 e. The predicted molar refractivity (Wildman–Crippen MR) is 134 cm³/mol. The van der Waals surface area contributed by atoms with Crippen LogP contribution >= 0.6 is 0 Å². The molecular weight excluding hydrogens is 430 g/mol. The number of anilines is 1. The van der Waals surface area contributed by atoms with E-state index in [4.69, 9.17) is 20.6 Å². The van der Waals surface area contributed by atoms with Gasteiger partial charge in [0, 0.05) is 25.4 Å². The van der Waals surface area contributed by atoms with Gasteiger partial charge in [0.15, 0.2) is 0 Å². The summed E-state index contributed by atoms with van der Waals surface area (Å²) in [5.74, 6) is -1.20. The van der Waals surface area contributed by atoms with Gasteiger partial charge in [-0.3, -0.25) is 9.59 Å². The first-order chi connectivity index (χ1) is 16.0. The number of primary amides is 1. The van der Waals surface area contributed by atoms with Crippen molar-refractivity contribution in [3.05, 3.63) is 53.6 Å². The number of nitrogens with two attached hydrogens (primary N) is 2. The summed E-state index contributed by atoms with van der Waals surface area (Å²) in [6.45, 7) is 10.8. The second kappa shape index (κ2) is 10.8. The standard InChI is InChI=1S/C27H35N3O4/c1-18(16-24(31)34-27(2,3)4)22-11-8-20(17-23(22)25(28)26(29)32)19-6-9-21(10-7-19)30-12-5-14-33-15-13-30/h6-11,17-18,28H,5,12-16H2,1-4H3,(H2,29,32)/p+1/t18-/m0/s1. The average Bonchev–Trinajstić information content (AvgIpc) is 3.06. The predicted octanol–water partition coefficient (Wildman–Crippen LogP) is 2.45. The van der Waals surface area contributed by atoms with E-state index in [9.17, 15) is 9.59 Å². The number of ether oxygens (including phenoxy) is 2.